The minimum absolute atomic E-state index is 0.0710. The van der Waals surface area contributed by atoms with Crippen molar-refractivity contribution in [2.24, 2.45) is 0 Å². The van der Waals surface area contributed by atoms with E-state index in [0.717, 1.165) is 10.5 Å². The number of hydrogen-bond donors (Lipinski definition) is 0. The van der Waals surface area contributed by atoms with Crippen molar-refractivity contribution in [1.82, 2.24) is 4.90 Å². The van der Waals surface area contributed by atoms with Gasteiger partial charge in [0.15, 0.2) is 6.73 Å². The lowest BCUT2D eigenvalue weighted by molar-refractivity contribution is -0.139. The Morgan fingerprint density at radius 3 is 2.95 bits per heavy atom. The maximum atomic E-state index is 12.0. The van der Waals surface area contributed by atoms with Gasteiger partial charge in [0.2, 0.25) is 0 Å². The molecule has 1 aromatic rings. The molecule has 1 heterocycles. The fraction of sp³-hybridized carbons (Fsp3) is 0.357. The highest BCUT2D eigenvalue weighted by atomic mass is 16.6. The van der Waals surface area contributed by atoms with Crippen LogP contribution in [0.3, 0.4) is 0 Å². The minimum Gasteiger partial charge on any atom is -0.444 e. The first-order valence-corrected chi connectivity index (χ1v) is 6.21. The molecule has 0 bridgehead atoms. The summed E-state index contributed by atoms with van der Waals surface area (Å²) < 4.78 is 16.8. The number of aldehydes is 1. The third kappa shape index (κ3) is 3.34. The molecular formula is C14H15NO5. The predicted molar refractivity (Wildman–Crippen MR) is 68.5 cm³/mol. The van der Waals surface area contributed by atoms with Crippen LogP contribution in [0.4, 0.5) is 4.79 Å². The molecule has 1 fully saturated rings. The lowest BCUT2D eigenvalue weighted by Gasteiger charge is -2.18. The van der Waals surface area contributed by atoms with Gasteiger partial charge in [0.25, 0.3) is 0 Å². The average molecular weight is 278 g/mol. The zero-order chi connectivity index (χ0) is 15.2. The maximum absolute atomic E-state index is 12.0. The van der Waals surface area contributed by atoms with Gasteiger partial charge in [0.1, 0.15) is 20.3 Å². The first-order chi connectivity index (χ1) is 10.1. The van der Waals surface area contributed by atoms with Crippen LogP contribution >= 0.6 is 0 Å². The Morgan fingerprint density at radius 1 is 1.50 bits per heavy atom. The van der Waals surface area contributed by atoms with Gasteiger partial charge in [-0.25, -0.2) is 9.59 Å². The molecule has 6 nitrogen and oxygen atoms in total. The van der Waals surface area contributed by atoms with Crippen LogP contribution < -0.4 is 0 Å². The van der Waals surface area contributed by atoms with E-state index in [9.17, 15) is 14.4 Å². The van der Waals surface area contributed by atoms with Crippen LogP contribution in [0.1, 0.15) is 19.8 Å². The molecule has 1 aliphatic heterocycles. The Kier molecular flexibility index (Phi) is 4.24. The molecule has 1 amide bonds. The van der Waals surface area contributed by atoms with Gasteiger partial charge in [-0.3, -0.25) is 4.90 Å². The highest BCUT2D eigenvalue weighted by Gasteiger charge is 2.38. The molecule has 0 unspecified atom stereocenters. The fourth-order valence-electron chi connectivity index (χ4n) is 1.90. The summed E-state index contributed by atoms with van der Waals surface area (Å²) in [6.07, 6.45) is -1.50. The van der Waals surface area contributed by atoms with E-state index in [1.165, 1.54) is 0 Å². The van der Waals surface area contributed by atoms with Gasteiger partial charge >= 0.3 is 12.1 Å². The third-order valence-corrected chi connectivity index (χ3v) is 2.95. The minimum atomic E-state index is -0.859. The predicted octanol–water partition coefficient (Wildman–Crippen LogP) is 1.49. The molecule has 1 atom stereocenters. The Morgan fingerprint density at radius 2 is 2.25 bits per heavy atom. The molecule has 106 valence electrons. The summed E-state index contributed by atoms with van der Waals surface area (Å²) in [6, 6.07) is 8.28. The van der Waals surface area contributed by atoms with Crippen molar-refractivity contribution in [1.29, 1.82) is 0 Å². The normalized spacial score (nSPS) is 18.4. The number of ether oxygens (including phenoxy) is 2. The van der Waals surface area contributed by atoms with Gasteiger partial charge in [-0.15, -0.1) is 0 Å². The lowest BCUT2D eigenvalue weighted by atomic mass is 10.1. The molecule has 1 saturated heterocycles. The summed E-state index contributed by atoms with van der Waals surface area (Å²) in [6.45, 7) is -0.0994. The summed E-state index contributed by atoms with van der Waals surface area (Å²) >= 11 is 0. The second-order valence-corrected chi connectivity index (χ2v) is 4.30. The SMILES string of the molecule is [2H]C(=O)CC[C@H]1C(=O)OCN1C(=O)OCc1ccccc1. The number of hydrogen-bond acceptors (Lipinski definition) is 5. The molecule has 0 aromatic heterocycles. The van der Waals surface area contributed by atoms with Crippen molar-refractivity contribution in [2.45, 2.75) is 25.5 Å². The summed E-state index contributed by atoms with van der Waals surface area (Å²) in [5, 5.41) is 0. The molecule has 0 radical (unpaired) electrons. The summed E-state index contributed by atoms with van der Waals surface area (Å²) in [4.78, 5) is 35.3. The van der Waals surface area contributed by atoms with E-state index in [1.54, 1.807) is 0 Å². The van der Waals surface area contributed by atoms with E-state index >= 15 is 0 Å². The average Bonchev–Trinajstić information content (AvgIpc) is 2.85. The van der Waals surface area contributed by atoms with Gasteiger partial charge in [0, 0.05) is 6.42 Å². The van der Waals surface area contributed by atoms with Gasteiger partial charge < -0.3 is 14.3 Å². The highest BCUT2D eigenvalue weighted by molar-refractivity contribution is 5.84. The van der Waals surface area contributed by atoms with E-state index in [2.05, 4.69) is 0 Å². The summed E-state index contributed by atoms with van der Waals surface area (Å²) in [7, 11) is 0. The molecule has 2 rings (SSSR count). The molecule has 0 saturated carbocycles. The Balaban J connectivity index is 1.91. The largest absolute Gasteiger partial charge is 0.444 e. The monoisotopic (exact) mass is 278 g/mol. The van der Waals surface area contributed by atoms with E-state index in [4.69, 9.17) is 10.8 Å². The molecule has 0 aliphatic carbocycles. The number of rotatable bonds is 5. The smallest absolute Gasteiger partial charge is 0.413 e. The molecule has 1 aromatic carbocycles. The van der Waals surface area contributed by atoms with Crippen LogP contribution in [0.5, 0.6) is 0 Å². The van der Waals surface area contributed by atoms with Crippen molar-refractivity contribution in [3.05, 3.63) is 35.9 Å². The Hall–Kier alpha value is -2.37. The number of benzene rings is 1. The van der Waals surface area contributed by atoms with Crippen molar-refractivity contribution < 1.29 is 25.2 Å². The first kappa shape index (κ1) is 12.7. The number of carbonyl (C=O) groups is 3. The topological polar surface area (TPSA) is 72.9 Å². The zero-order valence-corrected chi connectivity index (χ0v) is 10.8. The molecule has 0 N–H and O–H groups in total. The second-order valence-electron chi connectivity index (χ2n) is 4.30. The van der Waals surface area contributed by atoms with Crippen molar-refractivity contribution in [3.63, 3.8) is 0 Å². The van der Waals surface area contributed by atoms with Gasteiger partial charge in [-0.1, -0.05) is 30.3 Å². The van der Waals surface area contributed by atoms with Crippen molar-refractivity contribution in [3.8, 4) is 0 Å². The molecule has 20 heavy (non-hydrogen) atoms. The van der Waals surface area contributed by atoms with Crippen molar-refractivity contribution in [2.75, 3.05) is 6.73 Å². The van der Waals surface area contributed by atoms with Crippen LogP contribution in [0, 0.1) is 0 Å². The van der Waals surface area contributed by atoms with Crippen molar-refractivity contribution >= 4 is 18.3 Å². The van der Waals surface area contributed by atoms with E-state index < -0.39 is 24.4 Å². The summed E-state index contributed by atoms with van der Waals surface area (Å²) in [5.74, 6) is -0.576. The lowest BCUT2D eigenvalue weighted by Crippen LogP contribution is -2.38. The highest BCUT2D eigenvalue weighted by Crippen LogP contribution is 2.17. The number of nitrogens with zero attached hydrogens (tertiary/aromatic N) is 1. The molecule has 6 heteroatoms. The molecule has 1 aliphatic rings. The third-order valence-electron chi connectivity index (χ3n) is 2.95. The maximum Gasteiger partial charge on any atom is 0.413 e. The van der Waals surface area contributed by atoms with Crippen LogP contribution in [-0.4, -0.2) is 36.0 Å². The van der Waals surface area contributed by atoms with Crippen LogP contribution in [-0.2, 0) is 25.7 Å². The fourth-order valence-corrected chi connectivity index (χ4v) is 1.90. The molecular weight excluding hydrogens is 262 g/mol. The zero-order valence-electron chi connectivity index (χ0n) is 11.8. The Bertz CT molecular complexity index is 533. The number of cyclic esters (lactones) is 1. The van der Waals surface area contributed by atoms with Crippen LogP contribution in [0.15, 0.2) is 30.3 Å². The second kappa shape index (κ2) is 6.70. The summed E-state index contributed by atoms with van der Waals surface area (Å²) in [5.41, 5.74) is 0.829. The number of carbonyl (C=O) groups excluding carboxylic acids is 3. The number of amides is 1. The van der Waals surface area contributed by atoms with E-state index in [-0.39, 0.29) is 26.2 Å². The van der Waals surface area contributed by atoms with E-state index in [0.29, 0.717) is 0 Å². The van der Waals surface area contributed by atoms with Crippen LogP contribution in [0.25, 0.3) is 0 Å². The first-order valence-electron chi connectivity index (χ1n) is 6.71. The Labute approximate surface area is 117 Å². The molecule has 0 spiro atoms. The quantitative estimate of drug-likeness (QED) is 0.602. The van der Waals surface area contributed by atoms with Crippen LogP contribution in [0.2, 0.25) is 0 Å². The van der Waals surface area contributed by atoms with E-state index in [1.807, 2.05) is 30.3 Å². The van der Waals surface area contributed by atoms with Gasteiger partial charge in [-0.05, 0) is 12.0 Å². The van der Waals surface area contributed by atoms with Gasteiger partial charge in [-0.2, -0.15) is 0 Å². The number of esters is 1. The van der Waals surface area contributed by atoms with Gasteiger partial charge in [0.05, 0.1) is 0 Å². The standard InChI is InChI=1S/C14H15NO5/c16-8-4-7-12-13(17)20-10-15(12)14(18)19-9-11-5-2-1-3-6-11/h1-3,5-6,8,12H,4,7,9-10H2/t12-/m0/s1/i8D.